The molecule has 0 bridgehead atoms. The zero-order valence-corrected chi connectivity index (χ0v) is 26.9. The highest BCUT2D eigenvalue weighted by atomic mass is 19.1. The van der Waals surface area contributed by atoms with Crippen molar-refractivity contribution in [3.63, 3.8) is 0 Å². The van der Waals surface area contributed by atoms with Gasteiger partial charge in [-0.25, -0.2) is 14.0 Å². The van der Waals surface area contributed by atoms with Crippen LogP contribution in [-0.2, 0) is 25.5 Å². The quantitative estimate of drug-likeness (QED) is 0.155. The fourth-order valence-electron chi connectivity index (χ4n) is 7.16. The number of halogens is 1. The zero-order chi connectivity index (χ0) is 32.9. The summed E-state index contributed by atoms with van der Waals surface area (Å²) in [5.74, 6) is 0.749. The SMILES string of the molecule is C=C(CO)C(=O)OCC(COC(=O)C(=C)CO)C1CCC(C2CCC(c3ccc(-c4ccc(CC/C=C\F)cc4)cc3)CC2)CC1. The van der Waals surface area contributed by atoms with Gasteiger partial charge in [-0.3, -0.25) is 0 Å². The molecule has 2 aliphatic carbocycles. The topological polar surface area (TPSA) is 93.1 Å². The van der Waals surface area contributed by atoms with Crippen LogP contribution in [0.4, 0.5) is 4.39 Å². The summed E-state index contributed by atoms with van der Waals surface area (Å²) in [7, 11) is 0. The molecule has 2 fully saturated rings. The van der Waals surface area contributed by atoms with Gasteiger partial charge in [0.2, 0.25) is 0 Å². The number of aryl methyl sites for hydroxylation is 1. The Morgan fingerprint density at radius 1 is 0.761 bits per heavy atom. The van der Waals surface area contributed by atoms with Crippen LogP contribution in [-0.4, -0.2) is 48.6 Å². The van der Waals surface area contributed by atoms with E-state index in [9.17, 15) is 24.2 Å². The average molecular weight is 633 g/mol. The van der Waals surface area contributed by atoms with Gasteiger partial charge in [-0.1, -0.05) is 67.8 Å². The minimum atomic E-state index is -0.645. The number of hydrogen-bond donors (Lipinski definition) is 2. The standard InChI is InChI=1S/C39H49FO6/c1-27(23-41)38(43)45-25-37(26-46-39(44)28(2)24-42)36-20-18-35(19-21-36)34-16-14-33(15-17-34)32-12-10-31(11-13-32)30-8-6-29(7-9-30)5-3-4-22-40/h4,6-13,22,33-37,41-42H,1-3,5,14-21,23-26H2/b22-4-. The third kappa shape index (κ3) is 9.97. The number of allylic oxidation sites excluding steroid dienone is 1. The second-order valence-electron chi connectivity index (χ2n) is 13.0. The number of carbonyl (C=O) groups excluding carboxylic acids is 2. The summed E-state index contributed by atoms with van der Waals surface area (Å²) in [5.41, 5.74) is 5.02. The lowest BCUT2D eigenvalue weighted by molar-refractivity contribution is -0.146. The summed E-state index contributed by atoms with van der Waals surface area (Å²) < 4.78 is 23.0. The van der Waals surface area contributed by atoms with Crippen molar-refractivity contribution in [2.45, 2.75) is 70.1 Å². The fraction of sp³-hybridized carbons (Fsp3) is 0.487. The third-order valence-corrected chi connectivity index (χ3v) is 10.1. The van der Waals surface area contributed by atoms with Crippen molar-refractivity contribution in [1.29, 1.82) is 0 Å². The zero-order valence-electron chi connectivity index (χ0n) is 26.9. The molecule has 248 valence electrons. The highest BCUT2D eigenvalue weighted by Gasteiger charge is 2.34. The molecule has 0 aromatic heterocycles. The Morgan fingerprint density at radius 3 is 1.72 bits per heavy atom. The molecule has 0 saturated heterocycles. The number of rotatable bonds is 15. The molecule has 2 aromatic rings. The summed E-state index contributed by atoms with van der Waals surface area (Å²) in [6.45, 7) is 6.29. The van der Waals surface area contributed by atoms with Crippen LogP contribution in [0, 0.1) is 23.7 Å². The first-order valence-corrected chi connectivity index (χ1v) is 16.7. The maximum atomic E-state index is 12.2. The normalized spacial score (nSPS) is 21.7. The predicted octanol–water partition coefficient (Wildman–Crippen LogP) is 7.65. The van der Waals surface area contributed by atoms with Crippen molar-refractivity contribution in [3.05, 3.63) is 96.4 Å². The van der Waals surface area contributed by atoms with Gasteiger partial charge in [0.25, 0.3) is 0 Å². The van der Waals surface area contributed by atoms with Crippen molar-refractivity contribution < 1.29 is 33.7 Å². The first-order valence-electron chi connectivity index (χ1n) is 16.7. The molecule has 2 aromatic carbocycles. The van der Waals surface area contributed by atoms with Gasteiger partial charge in [-0.2, -0.15) is 0 Å². The van der Waals surface area contributed by atoms with Crippen LogP contribution in [0.5, 0.6) is 0 Å². The first-order chi connectivity index (χ1) is 22.3. The van der Waals surface area contributed by atoms with Gasteiger partial charge < -0.3 is 19.7 Å². The van der Waals surface area contributed by atoms with Crippen LogP contribution < -0.4 is 0 Å². The lowest BCUT2D eigenvalue weighted by Gasteiger charge is -2.39. The van der Waals surface area contributed by atoms with Gasteiger partial charge in [0.1, 0.15) is 0 Å². The molecule has 2 aliphatic rings. The van der Waals surface area contributed by atoms with Crippen LogP contribution >= 0.6 is 0 Å². The first kappa shape index (κ1) is 35.3. The van der Waals surface area contributed by atoms with E-state index in [-0.39, 0.29) is 36.2 Å². The van der Waals surface area contributed by atoms with Crippen LogP contribution in [0.1, 0.15) is 74.8 Å². The molecular weight excluding hydrogens is 583 g/mol. The van der Waals surface area contributed by atoms with Crippen molar-refractivity contribution >= 4 is 11.9 Å². The van der Waals surface area contributed by atoms with Crippen molar-refractivity contribution in [2.75, 3.05) is 26.4 Å². The average Bonchev–Trinajstić information content (AvgIpc) is 3.11. The lowest BCUT2D eigenvalue weighted by atomic mass is 9.67. The second kappa shape index (κ2) is 18.0. The van der Waals surface area contributed by atoms with Gasteiger partial charge in [0, 0.05) is 5.92 Å². The minimum Gasteiger partial charge on any atom is -0.462 e. The van der Waals surface area contributed by atoms with E-state index in [1.165, 1.54) is 47.9 Å². The molecular formula is C39H49FO6. The van der Waals surface area contributed by atoms with Crippen LogP contribution in [0.15, 0.2) is 85.2 Å². The smallest absolute Gasteiger partial charge is 0.335 e. The number of aliphatic hydroxyl groups excluding tert-OH is 2. The molecule has 0 heterocycles. The Bertz CT molecular complexity index is 1280. The fourth-order valence-corrected chi connectivity index (χ4v) is 7.16. The van der Waals surface area contributed by atoms with Gasteiger partial charge in [0.05, 0.1) is 43.9 Å². The van der Waals surface area contributed by atoms with E-state index in [4.69, 9.17) is 9.47 Å². The number of hydrogen-bond acceptors (Lipinski definition) is 6. The number of carbonyl (C=O) groups is 2. The molecule has 0 amide bonds. The molecule has 0 atom stereocenters. The molecule has 2 saturated carbocycles. The van der Waals surface area contributed by atoms with Gasteiger partial charge in [-0.15, -0.1) is 0 Å². The Balaban J connectivity index is 1.25. The van der Waals surface area contributed by atoms with E-state index in [0.717, 1.165) is 32.1 Å². The molecule has 6 nitrogen and oxygen atoms in total. The number of aliphatic hydroxyl groups is 2. The maximum absolute atomic E-state index is 12.2. The van der Waals surface area contributed by atoms with Crippen LogP contribution in [0.2, 0.25) is 0 Å². The van der Waals surface area contributed by atoms with Gasteiger partial charge in [0.15, 0.2) is 0 Å². The van der Waals surface area contributed by atoms with Crippen molar-refractivity contribution in [1.82, 2.24) is 0 Å². The van der Waals surface area contributed by atoms with E-state index in [1.807, 2.05) is 0 Å². The number of benzene rings is 2. The molecule has 2 N–H and O–H groups in total. The molecule has 4 rings (SSSR count). The van der Waals surface area contributed by atoms with Crippen LogP contribution in [0.3, 0.4) is 0 Å². The summed E-state index contributed by atoms with van der Waals surface area (Å²) >= 11 is 0. The highest BCUT2D eigenvalue weighted by Crippen LogP contribution is 2.45. The van der Waals surface area contributed by atoms with Crippen LogP contribution in [0.25, 0.3) is 11.1 Å². The largest absolute Gasteiger partial charge is 0.462 e. The summed E-state index contributed by atoms with van der Waals surface area (Å²) in [6, 6.07) is 17.6. The molecule has 0 spiro atoms. The molecule has 0 unspecified atom stereocenters. The second-order valence-corrected chi connectivity index (χ2v) is 13.0. The van der Waals surface area contributed by atoms with E-state index in [0.29, 0.717) is 30.5 Å². The molecule has 46 heavy (non-hydrogen) atoms. The highest BCUT2D eigenvalue weighted by molar-refractivity contribution is 5.88. The Morgan fingerprint density at radius 2 is 1.24 bits per heavy atom. The number of ether oxygens (including phenoxy) is 2. The Hall–Kier alpha value is -3.55. The Labute approximate surface area is 273 Å². The summed E-state index contributed by atoms with van der Waals surface area (Å²) in [5, 5.41) is 18.4. The predicted molar refractivity (Wildman–Crippen MR) is 178 cm³/mol. The molecule has 7 heteroatoms. The summed E-state index contributed by atoms with van der Waals surface area (Å²) in [6.07, 6.45) is 12.7. The van der Waals surface area contributed by atoms with Crippen molar-refractivity contribution in [2.24, 2.45) is 23.7 Å². The molecule has 0 aliphatic heterocycles. The number of esters is 2. The van der Waals surface area contributed by atoms with E-state index < -0.39 is 25.2 Å². The third-order valence-electron chi connectivity index (χ3n) is 10.1. The van der Waals surface area contributed by atoms with Crippen molar-refractivity contribution in [3.8, 4) is 11.1 Å². The minimum absolute atomic E-state index is 0.00828. The Kier molecular flexibility index (Phi) is 13.8. The lowest BCUT2D eigenvalue weighted by Crippen LogP contribution is -2.33. The summed E-state index contributed by atoms with van der Waals surface area (Å²) in [4.78, 5) is 24.2. The van der Waals surface area contributed by atoms with E-state index >= 15 is 0 Å². The van der Waals surface area contributed by atoms with Gasteiger partial charge >= 0.3 is 11.9 Å². The maximum Gasteiger partial charge on any atom is 0.335 e. The van der Waals surface area contributed by atoms with Gasteiger partial charge in [-0.05, 0) is 110 Å². The van der Waals surface area contributed by atoms with E-state index in [1.54, 1.807) is 6.08 Å². The van der Waals surface area contributed by atoms with E-state index in [2.05, 4.69) is 61.7 Å². The molecule has 0 radical (unpaired) electrons. The monoisotopic (exact) mass is 632 g/mol.